The molecule has 7 aromatic carbocycles. The topological polar surface area (TPSA) is 16.1 Å². The van der Waals surface area contributed by atoms with Crippen LogP contribution in [0.25, 0.3) is 62.5 Å². The Morgan fingerprint density at radius 3 is 1.98 bits per heavy atom. The molecule has 0 aliphatic carbocycles. The minimum absolute atomic E-state index is 1.05. The summed E-state index contributed by atoms with van der Waals surface area (Å²) in [6.07, 6.45) is 0. The van der Waals surface area contributed by atoms with Gasteiger partial charge >= 0.3 is 0 Å². The number of benzene rings is 7. The molecule has 2 aromatic heterocycles. The molecule has 0 spiro atoms. The van der Waals surface area contributed by atoms with Crippen molar-refractivity contribution < 1.29 is 0 Å². The predicted octanol–water partition coefficient (Wildman–Crippen LogP) is 12.1. The second kappa shape index (κ2) is 9.77. The minimum atomic E-state index is 1.05. The second-order valence-corrected chi connectivity index (χ2v) is 12.9. The van der Waals surface area contributed by atoms with Crippen LogP contribution >= 0.6 is 22.7 Å². The van der Waals surface area contributed by atoms with Crippen molar-refractivity contribution in [1.82, 2.24) is 4.98 Å². The zero-order valence-electron chi connectivity index (χ0n) is 23.1. The molecule has 0 amide bonds. The van der Waals surface area contributed by atoms with Gasteiger partial charge in [-0.15, -0.1) is 22.7 Å². The molecule has 0 saturated carbocycles. The fourth-order valence-corrected chi connectivity index (χ4v) is 8.41. The van der Waals surface area contributed by atoms with Gasteiger partial charge in [0.1, 0.15) is 5.01 Å². The molecule has 43 heavy (non-hydrogen) atoms. The molecule has 202 valence electrons. The third-order valence-electron chi connectivity index (χ3n) is 8.26. The average molecular weight is 585 g/mol. The molecule has 0 unspecified atom stereocenters. The number of anilines is 3. The molecule has 0 fully saturated rings. The van der Waals surface area contributed by atoms with E-state index in [0.29, 0.717) is 0 Å². The molecule has 4 heteroatoms. The average Bonchev–Trinajstić information content (AvgIpc) is 3.68. The standard InChI is InChI=1S/C39H24N2S2/c1-3-9-26(10-4-1)39-40-35-21-20-30-32(38(35)43-39)19-16-25-15-17-28(23-33(25)30)41(27-11-5-2-6-12-27)29-18-22-37-34(24-29)31-13-7-8-14-36(31)42-37/h1-24H. The van der Waals surface area contributed by atoms with Crippen molar-refractivity contribution in [3.8, 4) is 10.6 Å². The summed E-state index contributed by atoms with van der Waals surface area (Å²) in [5.41, 5.74) is 5.64. The molecule has 0 atom stereocenters. The molecule has 2 heterocycles. The van der Waals surface area contributed by atoms with Crippen molar-refractivity contribution in [3.05, 3.63) is 146 Å². The maximum absolute atomic E-state index is 4.99. The summed E-state index contributed by atoms with van der Waals surface area (Å²) in [5.74, 6) is 0. The quantitative estimate of drug-likeness (QED) is 0.191. The number of rotatable bonds is 4. The molecular formula is C39H24N2S2. The maximum atomic E-state index is 4.99. The first kappa shape index (κ1) is 24.6. The molecule has 0 radical (unpaired) electrons. The minimum Gasteiger partial charge on any atom is -0.310 e. The Bertz CT molecular complexity index is 2460. The fourth-order valence-electron chi connectivity index (χ4n) is 6.23. The number of thiophene rings is 1. The summed E-state index contributed by atoms with van der Waals surface area (Å²) in [6.45, 7) is 0. The first-order chi connectivity index (χ1) is 21.3. The van der Waals surface area contributed by atoms with Crippen molar-refractivity contribution in [3.63, 3.8) is 0 Å². The Balaban J connectivity index is 1.25. The van der Waals surface area contributed by atoms with Crippen LogP contribution < -0.4 is 4.90 Å². The summed E-state index contributed by atoms with van der Waals surface area (Å²) in [6, 6.07) is 52.5. The lowest BCUT2D eigenvalue weighted by molar-refractivity contribution is 1.30. The number of nitrogens with zero attached hydrogens (tertiary/aromatic N) is 2. The van der Waals surface area contributed by atoms with Gasteiger partial charge in [0.25, 0.3) is 0 Å². The van der Waals surface area contributed by atoms with E-state index in [9.17, 15) is 0 Å². The van der Waals surface area contributed by atoms with Crippen LogP contribution in [0, 0.1) is 0 Å². The lowest BCUT2D eigenvalue weighted by Crippen LogP contribution is -2.09. The first-order valence-corrected chi connectivity index (χ1v) is 16.0. The number of thiazole rings is 1. The zero-order chi connectivity index (χ0) is 28.3. The van der Waals surface area contributed by atoms with Gasteiger partial charge in [-0.3, -0.25) is 0 Å². The summed E-state index contributed by atoms with van der Waals surface area (Å²) in [4.78, 5) is 7.37. The van der Waals surface area contributed by atoms with E-state index in [1.165, 1.54) is 46.4 Å². The van der Waals surface area contributed by atoms with Gasteiger partial charge in [-0.25, -0.2) is 4.98 Å². The number of hydrogen-bond acceptors (Lipinski definition) is 4. The van der Waals surface area contributed by atoms with Gasteiger partial charge in [0.15, 0.2) is 0 Å². The normalized spacial score (nSPS) is 11.7. The first-order valence-electron chi connectivity index (χ1n) is 14.4. The SMILES string of the molecule is c1ccc(-c2nc3ccc4c5cc(N(c6ccccc6)c6ccc7sc8ccccc8c7c6)ccc5ccc4c3s2)cc1. The number of fused-ring (bicyclic) bond motifs is 8. The highest BCUT2D eigenvalue weighted by Gasteiger charge is 2.17. The van der Waals surface area contributed by atoms with Crippen LogP contribution in [0.15, 0.2) is 146 Å². The van der Waals surface area contributed by atoms with E-state index >= 15 is 0 Å². The van der Waals surface area contributed by atoms with Gasteiger partial charge in [-0.05, 0) is 70.8 Å². The van der Waals surface area contributed by atoms with Crippen LogP contribution in [0.1, 0.15) is 0 Å². The van der Waals surface area contributed by atoms with E-state index in [4.69, 9.17) is 4.98 Å². The Labute approximate surface area is 256 Å². The van der Waals surface area contributed by atoms with Gasteiger partial charge < -0.3 is 4.90 Å². The monoisotopic (exact) mass is 584 g/mol. The van der Waals surface area contributed by atoms with E-state index in [1.807, 2.05) is 11.3 Å². The second-order valence-electron chi connectivity index (χ2n) is 10.8. The molecule has 0 bridgehead atoms. The molecule has 0 N–H and O–H groups in total. The van der Waals surface area contributed by atoms with E-state index < -0.39 is 0 Å². The number of aromatic nitrogens is 1. The van der Waals surface area contributed by atoms with Gasteiger partial charge in [-0.2, -0.15) is 0 Å². The van der Waals surface area contributed by atoms with Crippen LogP contribution in [0.3, 0.4) is 0 Å². The molecule has 2 nitrogen and oxygen atoms in total. The summed E-state index contributed by atoms with van der Waals surface area (Å²) < 4.78 is 3.87. The lowest BCUT2D eigenvalue weighted by atomic mass is 10.0. The Kier molecular flexibility index (Phi) is 5.58. The molecule has 0 saturated heterocycles. The van der Waals surface area contributed by atoms with E-state index in [0.717, 1.165) is 33.1 Å². The predicted molar refractivity (Wildman–Crippen MR) is 188 cm³/mol. The maximum Gasteiger partial charge on any atom is 0.124 e. The van der Waals surface area contributed by atoms with Gasteiger partial charge in [0.2, 0.25) is 0 Å². The zero-order valence-corrected chi connectivity index (χ0v) is 24.7. The Morgan fingerprint density at radius 1 is 0.442 bits per heavy atom. The Hall–Kier alpha value is -5.03. The van der Waals surface area contributed by atoms with E-state index in [1.54, 1.807) is 11.3 Å². The van der Waals surface area contributed by atoms with Crippen molar-refractivity contribution in [2.45, 2.75) is 0 Å². The third kappa shape index (κ3) is 4.03. The highest BCUT2D eigenvalue weighted by Crippen LogP contribution is 2.43. The van der Waals surface area contributed by atoms with Crippen LogP contribution in [0.4, 0.5) is 17.1 Å². The molecule has 0 aliphatic heterocycles. The number of para-hydroxylation sites is 1. The molecular weight excluding hydrogens is 561 g/mol. The van der Waals surface area contributed by atoms with Gasteiger partial charge in [-0.1, -0.05) is 91.0 Å². The number of hydrogen-bond donors (Lipinski definition) is 0. The summed E-state index contributed by atoms with van der Waals surface area (Å²) >= 11 is 3.63. The smallest absolute Gasteiger partial charge is 0.124 e. The van der Waals surface area contributed by atoms with Crippen LogP contribution in [0.5, 0.6) is 0 Å². The van der Waals surface area contributed by atoms with Crippen LogP contribution in [0.2, 0.25) is 0 Å². The van der Waals surface area contributed by atoms with Crippen molar-refractivity contribution in [2.24, 2.45) is 0 Å². The van der Waals surface area contributed by atoms with Crippen molar-refractivity contribution in [1.29, 1.82) is 0 Å². The summed E-state index contributed by atoms with van der Waals surface area (Å²) in [7, 11) is 0. The van der Waals surface area contributed by atoms with Crippen molar-refractivity contribution in [2.75, 3.05) is 4.90 Å². The van der Waals surface area contributed by atoms with Crippen LogP contribution in [-0.4, -0.2) is 4.98 Å². The molecule has 9 rings (SSSR count). The highest BCUT2D eigenvalue weighted by molar-refractivity contribution is 7.25. The third-order valence-corrected chi connectivity index (χ3v) is 10.6. The van der Waals surface area contributed by atoms with E-state index in [-0.39, 0.29) is 0 Å². The molecule has 9 aromatic rings. The van der Waals surface area contributed by atoms with Gasteiger partial charge in [0.05, 0.1) is 10.2 Å². The highest BCUT2D eigenvalue weighted by atomic mass is 32.1. The van der Waals surface area contributed by atoms with E-state index in [2.05, 4.69) is 150 Å². The van der Waals surface area contributed by atoms with Crippen molar-refractivity contribution >= 4 is 91.7 Å². The fraction of sp³-hybridized carbons (Fsp3) is 0. The summed E-state index contributed by atoms with van der Waals surface area (Å²) in [5, 5.41) is 8.65. The molecule has 0 aliphatic rings. The van der Waals surface area contributed by atoms with Gasteiger partial charge in [0, 0.05) is 48.2 Å². The lowest BCUT2D eigenvalue weighted by Gasteiger charge is -2.26. The Morgan fingerprint density at radius 2 is 1.12 bits per heavy atom. The largest absolute Gasteiger partial charge is 0.310 e. The van der Waals surface area contributed by atoms with Crippen LogP contribution in [-0.2, 0) is 0 Å².